The Hall–Kier alpha value is -1.32. The summed E-state index contributed by atoms with van der Waals surface area (Å²) in [5.41, 5.74) is 0.490. The van der Waals surface area contributed by atoms with E-state index in [2.05, 4.69) is 66.8 Å². The van der Waals surface area contributed by atoms with Gasteiger partial charge < -0.3 is 5.32 Å². The zero-order chi connectivity index (χ0) is 29.2. The Kier molecular flexibility index (Phi) is 8.10. The molecule has 3 aliphatic carbocycles. The molecule has 8 unspecified atom stereocenters. The van der Waals surface area contributed by atoms with Crippen LogP contribution in [-0.2, 0) is 0 Å². The van der Waals surface area contributed by atoms with Crippen LogP contribution in [0.5, 0.6) is 0 Å². The summed E-state index contributed by atoms with van der Waals surface area (Å²) in [5.74, 6) is 6.55. The summed E-state index contributed by atoms with van der Waals surface area (Å²) in [5, 5.41) is 6.08. The highest BCUT2D eigenvalue weighted by Crippen LogP contribution is 2.75. The first kappa shape index (κ1) is 30.1. The molecule has 0 saturated heterocycles. The van der Waals surface area contributed by atoms with Gasteiger partial charge in [0, 0.05) is 0 Å². The maximum absolute atomic E-state index is 14.0. The molecule has 0 aliphatic heterocycles. The van der Waals surface area contributed by atoms with Gasteiger partial charge in [0.05, 0.1) is 0 Å². The molecule has 5 rings (SSSR count). The summed E-state index contributed by atoms with van der Waals surface area (Å²) in [6.07, 6.45) is 10.4. The number of fused-ring (bicyclic) bond motifs is 6. The van der Waals surface area contributed by atoms with Crippen molar-refractivity contribution < 1.29 is 8.78 Å². The van der Waals surface area contributed by atoms with Gasteiger partial charge in [0.25, 0.3) is 0 Å². The predicted molar refractivity (Wildman–Crippen MR) is 170 cm³/mol. The predicted octanol–water partition coefficient (Wildman–Crippen LogP) is 8.32. The number of hydrogen-bond donors (Lipinski definition) is 1. The van der Waals surface area contributed by atoms with Gasteiger partial charge in [-0.25, -0.2) is 8.78 Å². The first-order valence-electron chi connectivity index (χ1n) is 15.0. The van der Waals surface area contributed by atoms with Crippen molar-refractivity contribution in [3.8, 4) is 12.3 Å². The molecule has 40 heavy (non-hydrogen) atoms. The van der Waals surface area contributed by atoms with E-state index in [1.165, 1.54) is 29.9 Å². The smallest absolute Gasteiger partial charge is 0.123 e. The Morgan fingerprint density at radius 1 is 0.775 bits per heavy atom. The highest BCUT2D eigenvalue weighted by Gasteiger charge is 2.65. The molecule has 0 aromatic heterocycles. The zero-order valence-corrected chi connectivity index (χ0v) is 27.3. The Labute approximate surface area is 244 Å². The number of halogens is 2. The molecule has 0 spiro atoms. The van der Waals surface area contributed by atoms with Crippen LogP contribution in [0.4, 0.5) is 8.78 Å². The molecule has 0 radical (unpaired) electrons. The van der Waals surface area contributed by atoms with E-state index in [9.17, 15) is 8.78 Å². The van der Waals surface area contributed by atoms with Crippen LogP contribution in [0.1, 0.15) is 67.7 Å². The molecule has 1 N–H and O–H groups in total. The molecule has 216 valence electrons. The molecular weight excluding hydrogens is 534 g/mol. The quantitative estimate of drug-likeness (QED) is 0.267. The van der Waals surface area contributed by atoms with Crippen LogP contribution < -0.4 is 15.9 Å². The summed E-state index contributed by atoms with van der Waals surface area (Å²) in [6, 6.07) is 14.3. The van der Waals surface area contributed by atoms with E-state index in [1.54, 1.807) is 24.3 Å². The van der Waals surface area contributed by atoms with E-state index >= 15 is 0 Å². The molecule has 3 fully saturated rings. The maximum Gasteiger partial charge on any atom is 0.123 e. The minimum atomic E-state index is -0.759. The summed E-state index contributed by atoms with van der Waals surface area (Å²) >= 11 is 0. The SMILES string of the molecule is C#CC(NC)(C1C(C)C2CC1C1CC2CC1P(c1ccc(F)cc1)c1ccc(F)cc1)P(C(C)(C)C)C(C)(C)C. The van der Waals surface area contributed by atoms with Crippen molar-refractivity contribution in [1.82, 2.24) is 5.32 Å². The second kappa shape index (κ2) is 10.7. The number of nitrogens with one attached hydrogen (secondary N) is 1. The molecule has 3 aliphatic rings. The second-order valence-electron chi connectivity index (χ2n) is 14.6. The molecule has 1 nitrogen and oxygen atoms in total. The van der Waals surface area contributed by atoms with Crippen molar-refractivity contribution in [2.24, 2.45) is 35.5 Å². The number of terminal acetylenes is 1. The number of hydrogen-bond acceptors (Lipinski definition) is 1. The number of benzene rings is 2. The van der Waals surface area contributed by atoms with Crippen molar-refractivity contribution in [2.45, 2.75) is 89.0 Å². The van der Waals surface area contributed by atoms with Crippen LogP contribution in [0.25, 0.3) is 0 Å². The van der Waals surface area contributed by atoms with Crippen molar-refractivity contribution >= 4 is 26.5 Å². The Morgan fingerprint density at radius 3 is 1.70 bits per heavy atom. The molecule has 0 amide bonds. The van der Waals surface area contributed by atoms with Gasteiger partial charge in [-0.2, -0.15) is 0 Å². The van der Waals surface area contributed by atoms with Crippen molar-refractivity contribution in [3.63, 3.8) is 0 Å². The first-order valence-corrected chi connectivity index (χ1v) is 17.8. The molecule has 2 aromatic carbocycles. The Balaban J connectivity index is 1.61. The van der Waals surface area contributed by atoms with E-state index in [0.717, 1.165) is 0 Å². The third-order valence-electron chi connectivity index (χ3n) is 10.3. The van der Waals surface area contributed by atoms with E-state index in [0.29, 0.717) is 41.2 Å². The standard InChI is InChI=1S/C35H47F2NP2/c1-10-35(38-9,40(33(3,4)5)34(6,7)8)32-22(2)28-21-30(32)29-19-23(28)20-31(29)39(26-15-11-24(36)12-16-26)27-17-13-25(37)14-18-27/h1,11-18,22-23,28-32,38H,19-21H2,2-9H3. The lowest BCUT2D eigenvalue weighted by Crippen LogP contribution is -2.56. The summed E-state index contributed by atoms with van der Waals surface area (Å²) in [4.78, 5) is 0. The fourth-order valence-corrected chi connectivity index (χ4v) is 18.2. The highest BCUT2D eigenvalue weighted by atomic mass is 31.1. The van der Waals surface area contributed by atoms with Gasteiger partial charge in [0.2, 0.25) is 0 Å². The fourth-order valence-electron chi connectivity index (χ4n) is 9.74. The Morgan fingerprint density at radius 2 is 1.27 bits per heavy atom. The van der Waals surface area contributed by atoms with Gasteiger partial charge in [0.15, 0.2) is 0 Å². The van der Waals surface area contributed by atoms with E-state index in [1.807, 2.05) is 24.3 Å². The number of rotatable bonds is 6. The second-order valence-corrected chi connectivity index (χ2v) is 21.1. The van der Waals surface area contributed by atoms with Crippen molar-refractivity contribution in [3.05, 3.63) is 60.2 Å². The first-order chi connectivity index (χ1) is 18.7. The molecular formula is C35H47F2NP2. The van der Waals surface area contributed by atoms with Gasteiger partial charge in [-0.1, -0.05) is 86.6 Å². The third-order valence-corrected chi connectivity index (χ3v) is 17.3. The van der Waals surface area contributed by atoms with Crippen LogP contribution in [0, 0.1) is 59.5 Å². The molecule has 3 saturated carbocycles. The van der Waals surface area contributed by atoms with Gasteiger partial charge in [-0.05, 0) is 121 Å². The van der Waals surface area contributed by atoms with Crippen molar-refractivity contribution in [2.75, 3.05) is 7.05 Å². The lowest BCUT2D eigenvalue weighted by Gasteiger charge is -2.56. The van der Waals surface area contributed by atoms with E-state index in [-0.39, 0.29) is 27.2 Å². The fraction of sp³-hybridized carbons (Fsp3) is 0.600. The normalized spacial score (nSPS) is 31.4. The average molecular weight is 582 g/mol. The van der Waals surface area contributed by atoms with Crippen LogP contribution in [0.15, 0.2) is 48.5 Å². The zero-order valence-electron chi connectivity index (χ0n) is 25.5. The van der Waals surface area contributed by atoms with Gasteiger partial charge in [-0.3, -0.25) is 0 Å². The average Bonchev–Trinajstić information content (AvgIpc) is 3.37. The van der Waals surface area contributed by atoms with Crippen LogP contribution in [0.2, 0.25) is 0 Å². The molecule has 2 aromatic rings. The largest absolute Gasteiger partial charge is 0.300 e. The topological polar surface area (TPSA) is 12.0 Å². The monoisotopic (exact) mass is 581 g/mol. The lowest BCUT2D eigenvalue weighted by molar-refractivity contribution is 0.195. The van der Waals surface area contributed by atoms with E-state index < -0.39 is 15.8 Å². The lowest BCUT2D eigenvalue weighted by atomic mass is 9.76. The third kappa shape index (κ3) is 5.00. The molecule has 8 atom stereocenters. The minimum Gasteiger partial charge on any atom is -0.300 e. The molecule has 0 heterocycles. The van der Waals surface area contributed by atoms with Crippen LogP contribution >= 0.6 is 15.8 Å². The van der Waals surface area contributed by atoms with Gasteiger partial charge in [0.1, 0.15) is 16.9 Å². The molecule has 4 bridgehead atoms. The maximum atomic E-state index is 14.0. The van der Waals surface area contributed by atoms with Crippen molar-refractivity contribution in [1.29, 1.82) is 0 Å². The highest BCUT2D eigenvalue weighted by molar-refractivity contribution is 7.73. The summed E-state index contributed by atoms with van der Waals surface area (Å²) in [6.45, 7) is 16.8. The van der Waals surface area contributed by atoms with Gasteiger partial charge >= 0.3 is 0 Å². The summed E-state index contributed by atoms with van der Waals surface area (Å²) < 4.78 is 28.1. The minimum absolute atomic E-state index is 0.0899. The van der Waals surface area contributed by atoms with Crippen LogP contribution in [0.3, 0.4) is 0 Å². The summed E-state index contributed by atoms with van der Waals surface area (Å²) in [7, 11) is 0.743. The van der Waals surface area contributed by atoms with Gasteiger partial charge in [-0.15, -0.1) is 6.42 Å². The van der Waals surface area contributed by atoms with E-state index in [4.69, 9.17) is 6.42 Å². The Bertz CT molecular complexity index is 1180. The molecule has 5 heteroatoms. The van der Waals surface area contributed by atoms with Crippen LogP contribution in [-0.4, -0.2) is 28.3 Å².